The van der Waals surface area contributed by atoms with Gasteiger partial charge in [-0.1, -0.05) is 24.3 Å². The van der Waals surface area contributed by atoms with Crippen LogP contribution in [0.15, 0.2) is 54.9 Å². The summed E-state index contributed by atoms with van der Waals surface area (Å²) >= 11 is 0. The Hall–Kier alpha value is -2.33. The maximum Gasteiger partial charge on any atom is 0.205 e. The zero-order chi connectivity index (χ0) is 12.4. The molecule has 0 radical (unpaired) electrons. The summed E-state index contributed by atoms with van der Waals surface area (Å²) in [6.07, 6.45) is 3.56. The van der Waals surface area contributed by atoms with Gasteiger partial charge in [-0.25, -0.2) is 4.98 Å². The molecule has 4 heteroatoms. The zero-order valence-corrected chi connectivity index (χ0v) is 9.65. The summed E-state index contributed by atoms with van der Waals surface area (Å²) in [6.45, 7) is -0.0456. The Kier molecular flexibility index (Phi) is 2.70. The maximum atomic E-state index is 9.27. The second-order valence-corrected chi connectivity index (χ2v) is 3.89. The van der Waals surface area contributed by atoms with Crippen molar-refractivity contribution in [1.82, 2.24) is 9.38 Å². The molecular weight excluding hydrogens is 228 g/mol. The van der Waals surface area contributed by atoms with E-state index in [1.807, 2.05) is 53.1 Å². The molecule has 18 heavy (non-hydrogen) atoms. The lowest BCUT2D eigenvalue weighted by atomic mass is 10.2. The highest BCUT2D eigenvalue weighted by molar-refractivity contribution is 5.44. The fourth-order valence-corrected chi connectivity index (χ4v) is 1.85. The standard InChI is InChI=1S/C14H12N2O2/c17-10-11-4-1-2-5-12(11)18-14-7-3-6-13-15-8-9-16(13)14/h1-9,17H,10H2. The van der Waals surface area contributed by atoms with E-state index in [-0.39, 0.29) is 6.61 Å². The molecule has 1 N–H and O–H groups in total. The van der Waals surface area contributed by atoms with E-state index in [0.29, 0.717) is 11.6 Å². The van der Waals surface area contributed by atoms with E-state index in [1.165, 1.54) is 0 Å². The van der Waals surface area contributed by atoms with Gasteiger partial charge in [0.05, 0.1) is 6.61 Å². The molecule has 1 aromatic carbocycles. The number of ether oxygens (including phenoxy) is 1. The molecule has 0 unspecified atom stereocenters. The van der Waals surface area contributed by atoms with Gasteiger partial charge in [0.15, 0.2) is 0 Å². The van der Waals surface area contributed by atoms with Gasteiger partial charge in [0.2, 0.25) is 5.88 Å². The van der Waals surface area contributed by atoms with Crippen molar-refractivity contribution in [3.8, 4) is 11.6 Å². The van der Waals surface area contributed by atoms with Crippen molar-refractivity contribution in [2.24, 2.45) is 0 Å². The summed E-state index contributed by atoms with van der Waals surface area (Å²) in [4.78, 5) is 4.20. The average molecular weight is 240 g/mol. The number of benzene rings is 1. The van der Waals surface area contributed by atoms with E-state index in [9.17, 15) is 5.11 Å². The smallest absolute Gasteiger partial charge is 0.205 e. The Bertz CT molecular complexity index is 676. The van der Waals surface area contributed by atoms with Gasteiger partial charge in [-0.3, -0.25) is 4.40 Å². The van der Waals surface area contributed by atoms with Gasteiger partial charge in [0, 0.05) is 18.0 Å². The second kappa shape index (κ2) is 4.50. The van der Waals surface area contributed by atoms with E-state index in [2.05, 4.69) is 4.98 Å². The van der Waals surface area contributed by atoms with Crippen molar-refractivity contribution in [2.75, 3.05) is 0 Å². The first-order chi connectivity index (χ1) is 8.88. The molecule has 0 fully saturated rings. The van der Waals surface area contributed by atoms with Crippen molar-refractivity contribution in [2.45, 2.75) is 6.61 Å². The summed E-state index contributed by atoms with van der Waals surface area (Å²) in [5.74, 6) is 1.33. The van der Waals surface area contributed by atoms with Crippen LogP contribution >= 0.6 is 0 Å². The quantitative estimate of drug-likeness (QED) is 0.765. The number of aliphatic hydroxyl groups is 1. The minimum absolute atomic E-state index is 0.0456. The third-order valence-electron chi connectivity index (χ3n) is 2.75. The first-order valence-corrected chi connectivity index (χ1v) is 5.67. The highest BCUT2D eigenvalue weighted by atomic mass is 16.5. The van der Waals surface area contributed by atoms with Gasteiger partial charge in [-0.15, -0.1) is 0 Å². The molecule has 0 bridgehead atoms. The molecule has 4 nitrogen and oxygen atoms in total. The van der Waals surface area contributed by atoms with E-state index in [1.54, 1.807) is 6.20 Å². The van der Waals surface area contributed by atoms with Gasteiger partial charge in [0.1, 0.15) is 11.4 Å². The predicted molar refractivity (Wildman–Crippen MR) is 67.6 cm³/mol. The van der Waals surface area contributed by atoms with Gasteiger partial charge in [-0.2, -0.15) is 0 Å². The third kappa shape index (κ3) is 1.83. The highest BCUT2D eigenvalue weighted by Crippen LogP contribution is 2.25. The van der Waals surface area contributed by atoms with Crippen LogP contribution in [-0.4, -0.2) is 14.5 Å². The normalized spacial score (nSPS) is 10.7. The molecular formula is C14H12N2O2. The Morgan fingerprint density at radius 3 is 2.89 bits per heavy atom. The molecule has 0 atom stereocenters. The lowest BCUT2D eigenvalue weighted by Crippen LogP contribution is -1.95. The van der Waals surface area contributed by atoms with Crippen LogP contribution in [0, 0.1) is 0 Å². The molecule has 90 valence electrons. The Morgan fingerprint density at radius 2 is 2.00 bits per heavy atom. The van der Waals surface area contributed by atoms with Crippen molar-refractivity contribution in [3.63, 3.8) is 0 Å². The number of fused-ring (bicyclic) bond motifs is 1. The highest BCUT2D eigenvalue weighted by Gasteiger charge is 2.06. The molecule has 3 aromatic rings. The fourth-order valence-electron chi connectivity index (χ4n) is 1.85. The second-order valence-electron chi connectivity index (χ2n) is 3.89. The van der Waals surface area contributed by atoms with E-state index in [4.69, 9.17) is 4.74 Å². The number of hydrogen-bond donors (Lipinski definition) is 1. The number of para-hydroxylation sites is 1. The Morgan fingerprint density at radius 1 is 1.11 bits per heavy atom. The molecule has 0 saturated carbocycles. The minimum Gasteiger partial charge on any atom is -0.440 e. The maximum absolute atomic E-state index is 9.27. The number of aliphatic hydroxyl groups excluding tert-OH is 1. The lowest BCUT2D eigenvalue weighted by Gasteiger charge is -2.10. The summed E-state index contributed by atoms with van der Waals surface area (Å²) < 4.78 is 7.69. The molecule has 0 aliphatic carbocycles. The molecule has 0 aliphatic rings. The summed E-state index contributed by atoms with van der Waals surface area (Å²) in [5.41, 5.74) is 1.59. The number of pyridine rings is 1. The largest absolute Gasteiger partial charge is 0.440 e. The van der Waals surface area contributed by atoms with E-state index < -0.39 is 0 Å². The molecule has 0 amide bonds. The van der Waals surface area contributed by atoms with Crippen LogP contribution in [-0.2, 0) is 6.61 Å². The van der Waals surface area contributed by atoms with Crippen LogP contribution in [0.1, 0.15) is 5.56 Å². The SMILES string of the molecule is OCc1ccccc1Oc1cccc2nccn12. The van der Waals surface area contributed by atoms with Crippen molar-refractivity contribution in [1.29, 1.82) is 0 Å². The van der Waals surface area contributed by atoms with Crippen LogP contribution in [0.3, 0.4) is 0 Å². The number of rotatable bonds is 3. The monoisotopic (exact) mass is 240 g/mol. The number of aromatic nitrogens is 2. The van der Waals surface area contributed by atoms with Crippen molar-refractivity contribution in [3.05, 3.63) is 60.4 Å². The number of hydrogen-bond acceptors (Lipinski definition) is 3. The Labute approximate surface area is 104 Å². The summed E-state index contributed by atoms with van der Waals surface area (Å²) in [6, 6.07) is 13.1. The molecule has 0 saturated heterocycles. The van der Waals surface area contributed by atoms with Gasteiger partial charge >= 0.3 is 0 Å². The van der Waals surface area contributed by atoms with Crippen LogP contribution in [0.5, 0.6) is 11.6 Å². The Balaban J connectivity index is 2.04. The van der Waals surface area contributed by atoms with Crippen LogP contribution in [0.4, 0.5) is 0 Å². The molecule has 2 aromatic heterocycles. The molecule has 3 rings (SSSR count). The van der Waals surface area contributed by atoms with Crippen LogP contribution in [0.2, 0.25) is 0 Å². The first kappa shape index (κ1) is 10.8. The lowest BCUT2D eigenvalue weighted by molar-refractivity contribution is 0.276. The topological polar surface area (TPSA) is 46.8 Å². The van der Waals surface area contributed by atoms with Crippen LogP contribution < -0.4 is 4.74 Å². The first-order valence-electron chi connectivity index (χ1n) is 5.67. The summed E-state index contributed by atoms with van der Waals surface area (Å²) in [7, 11) is 0. The molecule has 0 spiro atoms. The zero-order valence-electron chi connectivity index (χ0n) is 9.65. The number of imidazole rings is 1. The van der Waals surface area contributed by atoms with Crippen molar-refractivity contribution >= 4 is 5.65 Å². The summed E-state index contributed by atoms with van der Waals surface area (Å²) in [5, 5.41) is 9.27. The third-order valence-corrected chi connectivity index (χ3v) is 2.75. The van der Waals surface area contributed by atoms with E-state index >= 15 is 0 Å². The molecule has 0 aliphatic heterocycles. The number of nitrogens with zero attached hydrogens (tertiary/aromatic N) is 2. The van der Waals surface area contributed by atoms with E-state index in [0.717, 1.165) is 11.2 Å². The van der Waals surface area contributed by atoms with Gasteiger partial charge in [-0.05, 0) is 18.2 Å². The predicted octanol–water partition coefficient (Wildman–Crippen LogP) is 2.62. The fraction of sp³-hybridized carbons (Fsp3) is 0.0714. The van der Waals surface area contributed by atoms with Crippen molar-refractivity contribution < 1.29 is 9.84 Å². The molecule has 2 heterocycles. The van der Waals surface area contributed by atoms with Crippen LogP contribution in [0.25, 0.3) is 5.65 Å². The average Bonchev–Trinajstić information content (AvgIpc) is 2.89. The minimum atomic E-state index is -0.0456. The van der Waals surface area contributed by atoms with Gasteiger partial charge < -0.3 is 9.84 Å². The van der Waals surface area contributed by atoms with Gasteiger partial charge in [0.25, 0.3) is 0 Å².